The summed E-state index contributed by atoms with van der Waals surface area (Å²) in [4.78, 5) is 11.9. The minimum absolute atomic E-state index is 0.219. The van der Waals surface area contributed by atoms with Crippen LogP contribution in [-0.4, -0.2) is 13.1 Å². The van der Waals surface area contributed by atoms with E-state index in [-0.39, 0.29) is 12.6 Å². The maximum Gasteiger partial charge on any atom is 0.338 e. The van der Waals surface area contributed by atoms with Gasteiger partial charge in [-0.3, -0.25) is 0 Å². The lowest BCUT2D eigenvalue weighted by atomic mass is 10.1. The molecule has 104 valence electrons. The molecule has 0 aromatic heterocycles. The summed E-state index contributed by atoms with van der Waals surface area (Å²) in [6, 6.07) is 12.5. The van der Waals surface area contributed by atoms with E-state index < -0.39 is 0 Å². The highest BCUT2D eigenvalue weighted by Crippen LogP contribution is 2.15. The van der Waals surface area contributed by atoms with E-state index in [9.17, 15) is 4.79 Å². The predicted molar refractivity (Wildman–Crippen MR) is 77.7 cm³/mol. The summed E-state index contributed by atoms with van der Waals surface area (Å²) in [5.74, 6) is 0.391. The minimum atomic E-state index is -0.379. The van der Waals surface area contributed by atoms with Gasteiger partial charge >= 0.3 is 5.97 Å². The highest BCUT2D eigenvalue weighted by Gasteiger charge is 2.08. The van der Waals surface area contributed by atoms with Gasteiger partial charge in [0.15, 0.2) is 0 Å². The molecular weight excluding hydrogens is 254 g/mol. The van der Waals surface area contributed by atoms with Gasteiger partial charge in [0.25, 0.3) is 0 Å². The fourth-order valence-electron chi connectivity index (χ4n) is 1.88. The fraction of sp³-hybridized carbons (Fsp3) is 0.188. The summed E-state index contributed by atoms with van der Waals surface area (Å²) < 4.78 is 10.3. The largest absolute Gasteiger partial charge is 0.497 e. The molecule has 0 atom stereocenters. The van der Waals surface area contributed by atoms with Crippen LogP contribution in [0.5, 0.6) is 5.75 Å². The fourth-order valence-corrected chi connectivity index (χ4v) is 1.88. The molecule has 4 nitrogen and oxygen atoms in total. The van der Waals surface area contributed by atoms with Crippen molar-refractivity contribution in [2.45, 2.75) is 13.5 Å². The Morgan fingerprint density at radius 1 is 1.15 bits per heavy atom. The molecule has 0 aliphatic heterocycles. The molecule has 0 saturated heterocycles. The monoisotopic (exact) mass is 271 g/mol. The molecule has 2 aromatic rings. The molecule has 4 heteroatoms. The van der Waals surface area contributed by atoms with E-state index in [1.54, 1.807) is 25.3 Å². The standard InChI is InChI=1S/C16H17NO3/c1-11-7-13(9-14(17)8-11)16(18)20-10-12-3-5-15(19-2)6-4-12/h3-9H,10,17H2,1-2H3. The molecule has 0 fully saturated rings. The molecule has 0 bridgehead atoms. The number of methoxy groups -OCH3 is 1. The van der Waals surface area contributed by atoms with E-state index in [0.717, 1.165) is 16.9 Å². The van der Waals surface area contributed by atoms with Gasteiger partial charge in [0.2, 0.25) is 0 Å². The van der Waals surface area contributed by atoms with E-state index in [1.165, 1.54) is 0 Å². The summed E-state index contributed by atoms with van der Waals surface area (Å²) in [6.45, 7) is 2.10. The van der Waals surface area contributed by atoms with Crippen molar-refractivity contribution in [3.63, 3.8) is 0 Å². The quantitative estimate of drug-likeness (QED) is 0.686. The second kappa shape index (κ2) is 6.10. The zero-order valence-electron chi connectivity index (χ0n) is 11.6. The molecule has 0 heterocycles. The van der Waals surface area contributed by atoms with Crippen molar-refractivity contribution < 1.29 is 14.3 Å². The molecule has 2 N–H and O–H groups in total. The number of ether oxygens (including phenoxy) is 2. The Labute approximate surface area is 118 Å². The second-order valence-corrected chi connectivity index (χ2v) is 4.56. The Morgan fingerprint density at radius 3 is 2.45 bits per heavy atom. The Hall–Kier alpha value is -2.49. The van der Waals surface area contributed by atoms with Crippen LogP contribution in [0.15, 0.2) is 42.5 Å². The van der Waals surface area contributed by atoms with Gasteiger partial charge in [0.05, 0.1) is 12.7 Å². The SMILES string of the molecule is COc1ccc(COC(=O)c2cc(C)cc(N)c2)cc1. The number of benzene rings is 2. The molecule has 2 aromatic carbocycles. The van der Waals surface area contributed by atoms with Crippen molar-refractivity contribution in [2.75, 3.05) is 12.8 Å². The molecular formula is C16H17NO3. The van der Waals surface area contributed by atoms with Crippen molar-refractivity contribution in [1.82, 2.24) is 0 Å². The van der Waals surface area contributed by atoms with E-state index >= 15 is 0 Å². The van der Waals surface area contributed by atoms with Gasteiger partial charge in [-0.25, -0.2) is 4.79 Å². The van der Waals surface area contributed by atoms with Gasteiger partial charge in [-0.15, -0.1) is 0 Å². The zero-order chi connectivity index (χ0) is 14.5. The summed E-state index contributed by atoms with van der Waals surface area (Å²) in [7, 11) is 1.61. The van der Waals surface area contributed by atoms with Crippen LogP contribution in [0.2, 0.25) is 0 Å². The zero-order valence-corrected chi connectivity index (χ0v) is 11.6. The molecule has 0 saturated carbocycles. The Morgan fingerprint density at radius 2 is 1.85 bits per heavy atom. The highest BCUT2D eigenvalue weighted by molar-refractivity contribution is 5.90. The number of carbonyl (C=O) groups is 1. The maximum absolute atomic E-state index is 11.9. The number of nitrogen functional groups attached to an aromatic ring is 1. The first-order chi connectivity index (χ1) is 9.58. The van der Waals surface area contributed by atoms with Crippen LogP contribution >= 0.6 is 0 Å². The average molecular weight is 271 g/mol. The molecule has 2 rings (SSSR count). The van der Waals surface area contributed by atoms with Crippen molar-refractivity contribution in [1.29, 1.82) is 0 Å². The van der Waals surface area contributed by atoms with E-state index in [4.69, 9.17) is 15.2 Å². The summed E-state index contributed by atoms with van der Waals surface area (Å²) in [6.07, 6.45) is 0. The normalized spacial score (nSPS) is 10.1. The molecule has 0 radical (unpaired) electrons. The van der Waals surface area contributed by atoms with Crippen LogP contribution in [-0.2, 0) is 11.3 Å². The Kier molecular flexibility index (Phi) is 4.25. The van der Waals surface area contributed by atoms with Gasteiger partial charge in [0.1, 0.15) is 12.4 Å². The smallest absolute Gasteiger partial charge is 0.338 e. The van der Waals surface area contributed by atoms with Crippen molar-refractivity contribution in [3.05, 3.63) is 59.2 Å². The predicted octanol–water partition coefficient (Wildman–Crippen LogP) is 2.94. The van der Waals surface area contributed by atoms with Gasteiger partial charge in [-0.05, 0) is 48.4 Å². The minimum Gasteiger partial charge on any atom is -0.497 e. The van der Waals surface area contributed by atoms with E-state index in [0.29, 0.717) is 11.3 Å². The lowest BCUT2D eigenvalue weighted by Crippen LogP contribution is -2.06. The van der Waals surface area contributed by atoms with Gasteiger partial charge in [-0.2, -0.15) is 0 Å². The summed E-state index contributed by atoms with van der Waals surface area (Å²) in [5.41, 5.74) is 8.57. The Balaban J connectivity index is 2.00. The number of esters is 1. The average Bonchev–Trinajstić information content (AvgIpc) is 2.44. The number of nitrogens with two attached hydrogens (primary N) is 1. The molecule has 0 spiro atoms. The second-order valence-electron chi connectivity index (χ2n) is 4.56. The number of hydrogen-bond acceptors (Lipinski definition) is 4. The number of carbonyl (C=O) groups excluding carboxylic acids is 1. The topological polar surface area (TPSA) is 61.5 Å². The highest BCUT2D eigenvalue weighted by atomic mass is 16.5. The van der Waals surface area contributed by atoms with Gasteiger partial charge in [-0.1, -0.05) is 12.1 Å². The number of rotatable bonds is 4. The van der Waals surface area contributed by atoms with Gasteiger partial charge < -0.3 is 15.2 Å². The van der Waals surface area contributed by atoms with Crippen LogP contribution in [0.3, 0.4) is 0 Å². The lowest BCUT2D eigenvalue weighted by molar-refractivity contribution is 0.0472. The van der Waals surface area contributed by atoms with E-state index in [2.05, 4.69) is 0 Å². The van der Waals surface area contributed by atoms with Crippen LogP contribution in [0.25, 0.3) is 0 Å². The first-order valence-corrected chi connectivity index (χ1v) is 6.25. The van der Waals surface area contributed by atoms with Crippen LogP contribution in [0, 0.1) is 6.92 Å². The molecule has 0 aliphatic rings. The first kappa shape index (κ1) is 13.9. The third-order valence-electron chi connectivity index (χ3n) is 2.86. The van der Waals surface area contributed by atoms with E-state index in [1.807, 2.05) is 31.2 Å². The van der Waals surface area contributed by atoms with Gasteiger partial charge in [0, 0.05) is 5.69 Å². The van der Waals surface area contributed by atoms with Crippen LogP contribution in [0.1, 0.15) is 21.5 Å². The molecule has 0 amide bonds. The third-order valence-corrected chi connectivity index (χ3v) is 2.86. The summed E-state index contributed by atoms with van der Waals surface area (Å²) >= 11 is 0. The molecule has 20 heavy (non-hydrogen) atoms. The van der Waals surface area contributed by atoms with Crippen molar-refractivity contribution in [3.8, 4) is 5.75 Å². The van der Waals surface area contributed by atoms with Crippen molar-refractivity contribution in [2.24, 2.45) is 0 Å². The number of hydrogen-bond donors (Lipinski definition) is 1. The number of anilines is 1. The van der Waals surface area contributed by atoms with Crippen molar-refractivity contribution >= 4 is 11.7 Å². The van der Waals surface area contributed by atoms with Crippen LogP contribution < -0.4 is 10.5 Å². The Bertz CT molecular complexity index is 585. The summed E-state index contributed by atoms with van der Waals surface area (Å²) in [5, 5.41) is 0. The lowest BCUT2D eigenvalue weighted by Gasteiger charge is -2.07. The molecule has 0 aliphatic carbocycles. The number of aryl methyl sites for hydroxylation is 1. The van der Waals surface area contributed by atoms with Crippen LogP contribution in [0.4, 0.5) is 5.69 Å². The first-order valence-electron chi connectivity index (χ1n) is 6.25. The molecule has 0 unspecified atom stereocenters. The third kappa shape index (κ3) is 3.51. The maximum atomic E-state index is 11.9.